The molecule has 0 spiro atoms. The zero-order valence-corrected chi connectivity index (χ0v) is 13.3. The minimum atomic E-state index is 0.358. The molecule has 0 heterocycles. The van der Waals surface area contributed by atoms with E-state index < -0.39 is 0 Å². The molecule has 1 atom stereocenters. The molecule has 0 saturated carbocycles. The maximum atomic E-state index is 6.09. The van der Waals surface area contributed by atoms with Gasteiger partial charge in [0.25, 0.3) is 0 Å². The molecule has 0 radical (unpaired) electrons. The summed E-state index contributed by atoms with van der Waals surface area (Å²) in [4.78, 5) is 0. The zero-order valence-electron chi connectivity index (χ0n) is 11.0. The Morgan fingerprint density at radius 2 is 1.94 bits per heavy atom. The molecule has 1 N–H and O–H groups in total. The van der Waals surface area contributed by atoms with Crippen LogP contribution in [-0.4, -0.2) is 18.1 Å². The molecule has 18 heavy (non-hydrogen) atoms. The van der Waals surface area contributed by atoms with E-state index in [9.17, 15) is 0 Å². The first-order valence-corrected chi connectivity index (χ1v) is 8.36. The van der Waals surface area contributed by atoms with E-state index in [4.69, 9.17) is 23.2 Å². The van der Waals surface area contributed by atoms with Gasteiger partial charge in [0.15, 0.2) is 0 Å². The summed E-state index contributed by atoms with van der Waals surface area (Å²) in [6.07, 6.45) is 2.35. The SMILES string of the molecule is CCCNC(CSCCC)c1ccc(Cl)c(Cl)c1. The van der Waals surface area contributed by atoms with Gasteiger partial charge in [0.1, 0.15) is 0 Å². The van der Waals surface area contributed by atoms with Crippen molar-refractivity contribution < 1.29 is 0 Å². The van der Waals surface area contributed by atoms with E-state index in [2.05, 4.69) is 25.2 Å². The van der Waals surface area contributed by atoms with Crippen molar-refractivity contribution in [2.24, 2.45) is 0 Å². The van der Waals surface area contributed by atoms with E-state index in [1.54, 1.807) is 0 Å². The molecule has 0 amide bonds. The van der Waals surface area contributed by atoms with Gasteiger partial charge < -0.3 is 5.32 Å². The molecular formula is C14H21Cl2NS. The number of nitrogens with one attached hydrogen (secondary N) is 1. The second-order valence-electron chi connectivity index (χ2n) is 4.26. The van der Waals surface area contributed by atoms with Gasteiger partial charge in [-0.15, -0.1) is 0 Å². The number of benzene rings is 1. The van der Waals surface area contributed by atoms with E-state index in [1.807, 2.05) is 23.9 Å². The second kappa shape index (κ2) is 9.08. The molecular weight excluding hydrogens is 285 g/mol. The predicted molar refractivity (Wildman–Crippen MR) is 85.1 cm³/mol. The third-order valence-electron chi connectivity index (χ3n) is 2.62. The maximum absolute atomic E-state index is 6.09. The van der Waals surface area contributed by atoms with Gasteiger partial charge in [-0.05, 0) is 42.8 Å². The van der Waals surface area contributed by atoms with E-state index in [-0.39, 0.29) is 0 Å². The summed E-state index contributed by atoms with van der Waals surface area (Å²) in [6.45, 7) is 5.41. The first-order valence-electron chi connectivity index (χ1n) is 6.45. The van der Waals surface area contributed by atoms with Crippen molar-refractivity contribution in [3.63, 3.8) is 0 Å². The van der Waals surface area contributed by atoms with Crippen molar-refractivity contribution in [3.8, 4) is 0 Å². The van der Waals surface area contributed by atoms with Crippen molar-refractivity contribution in [1.82, 2.24) is 5.32 Å². The molecule has 0 aliphatic rings. The van der Waals surface area contributed by atoms with Crippen molar-refractivity contribution >= 4 is 35.0 Å². The fourth-order valence-electron chi connectivity index (χ4n) is 1.67. The molecule has 1 aromatic rings. The Morgan fingerprint density at radius 3 is 2.56 bits per heavy atom. The van der Waals surface area contributed by atoms with Gasteiger partial charge in [0.2, 0.25) is 0 Å². The molecule has 0 saturated heterocycles. The summed E-state index contributed by atoms with van der Waals surface area (Å²) in [5.74, 6) is 2.28. The van der Waals surface area contributed by atoms with Crippen LogP contribution in [0.2, 0.25) is 10.0 Å². The van der Waals surface area contributed by atoms with Crippen LogP contribution in [0.5, 0.6) is 0 Å². The molecule has 0 aliphatic carbocycles. The predicted octanol–water partition coefficient (Wildman–Crippen LogP) is 5.18. The lowest BCUT2D eigenvalue weighted by Gasteiger charge is -2.19. The second-order valence-corrected chi connectivity index (χ2v) is 6.22. The Hall–Kier alpha value is 0.110. The summed E-state index contributed by atoms with van der Waals surface area (Å²) in [5.41, 5.74) is 1.22. The lowest BCUT2D eigenvalue weighted by Crippen LogP contribution is -2.24. The summed E-state index contributed by atoms with van der Waals surface area (Å²) >= 11 is 14.0. The van der Waals surface area contributed by atoms with Crippen LogP contribution in [0, 0.1) is 0 Å². The van der Waals surface area contributed by atoms with Gasteiger partial charge in [-0.1, -0.05) is 43.1 Å². The standard InChI is InChI=1S/C14H21Cl2NS/c1-3-7-17-14(10-18-8-4-2)11-5-6-12(15)13(16)9-11/h5-6,9,14,17H,3-4,7-8,10H2,1-2H3. The third kappa shape index (κ3) is 5.40. The quantitative estimate of drug-likeness (QED) is 0.664. The third-order valence-corrected chi connectivity index (χ3v) is 4.62. The highest BCUT2D eigenvalue weighted by Crippen LogP contribution is 2.27. The van der Waals surface area contributed by atoms with Crippen LogP contribution in [-0.2, 0) is 0 Å². The lowest BCUT2D eigenvalue weighted by atomic mass is 10.1. The van der Waals surface area contributed by atoms with Gasteiger partial charge in [-0.25, -0.2) is 0 Å². The van der Waals surface area contributed by atoms with Crippen molar-refractivity contribution in [1.29, 1.82) is 0 Å². The fraction of sp³-hybridized carbons (Fsp3) is 0.571. The molecule has 4 heteroatoms. The Bertz CT molecular complexity index is 358. The number of halogens is 2. The van der Waals surface area contributed by atoms with E-state index in [0.29, 0.717) is 16.1 Å². The van der Waals surface area contributed by atoms with Crippen LogP contribution < -0.4 is 5.32 Å². The fourth-order valence-corrected chi connectivity index (χ4v) is 2.97. The normalized spacial score (nSPS) is 12.7. The summed E-state index contributed by atoms with van der Waals surface area (Å²) in [5, 5.41) is 4.83. The highest BCUT2D eigenvalue weighted by molar-refractivity contribution is 7.99. The summed E-state index contributed by atoms with van der Waals surface area (Å²) < 4.78 is 0. The Kier molecular flexibility index (Phi) is 8.16. The molecule has 0 bridgehead atoms. The van der Waals surface area contributed by atoms with Gasteiger partial charge in [-0.2, -0.15) is 11.8 Å². The molecule has 0 aliphatic heterocycles. The Labute approximate surface area is 125 Å². The smallest absolute Gasteiger partial charge is 0.0595 e. The average molecular weight is 306 g/mol. The minimum absolute atomic E-state index is 0.358. The molecule has 0 aromatic heterocycles. The number of hydrogen-bond acceptors (Lipinski definition) is 2. The van der Waals surface area contributed by atoms with E-state index in [0.717, 1.165) is 18.7 Å². The minimum Gasteiger partial charge on any atom is -0.309 e. The lowest BCUT2D eigenvalue weighted by molar-refractivity contribution is 0.577. The summed E-state index contributed by atoms with van der Waals surface area (Å²) in [6, 6.07) is 6.28. The van der Waals surface area contributed by atoms with Gasteiger partial charge in [-0.3, -0.25) is 0 Å². The first kappa shape index (κ1) is 16.2. The van der Waals surface area contributed by atoms with Crippen LogP contribution in [0.1, 0.15) is 38.3 Å². The van der Waals surface area contributed by atoms with Crippen LogP contribution >= 0.6 is 35.0 Å². The van der Waals surface area contributed by atoms with Crippen LogP contribution in [0.3, 0.4) is 0 Å². The molecule has 1 aromatic carbocycles. The average Bonchev–Trinajstić information content (AvgIpc) is 2.37. The van der Waals surface area contributed by atoms with Crippen molar-refractivity contribution in [2.75, 3.05) is 18.1 Å². The largest absolute Gasteiger partial charge is 0.309 e. The molecule has 1 nitrogen and oxygen atoms in total. The topological polar surface area (TPSA) is 12.0 Å². The van der Waals surface area contributed by atoms with Crippen LogP contribution in [0.25, 0.3) is 0 Å². The number of hydrogen-bond donors (Lipinski definition) is 1. The monoisotopic (exact) mass is 305 g/mol. The molecule has 1 rings (SSSR count). The molecule has 1 unspecified atom stereocenters. The highest BCUT2D eigenvalue weighted by atomic mass is 35.5. The molecule has 102 valence electrons. The van der Waals surface area contributed by atoms with Crippen LogP contribution in [0.4, 0.5) is 0 Å². The van der Waals surface area contributed by atoms with Gasteiger partial charge in [0, 0.05) is 11.8 Å². The van der Waals surface area contributed by atoms with Gasteiger partial charge in [0.05, 0.1) is 10.0 Å². The van der Waals surface area contributed by atoms with Gasteiger partial charge >= 0.3 is 0 Å². The van der Waals surface area contributed by atoms with Crippen LogP contribution in [0.15, 0.2) is 18.2 Å². The summed E-state index contributed by atoms with van der Waals surface area (Å²) in [7, 11) is 0. The van der Waals surface area contributed by atoms with Crippen molar-refractivity contribution in [3.05, 3.63) is 33.8 Å². The van der Waals surface area contributed by atoms with Crippen molar-refractivity contribution in [2.45, 2.75) is 32.7 Å². The van der Waals surface area contributed by atoms with E-state index in [1.165, 1.54) is 17.7 Å². The van der Waals surface area contributed by atoms with E-state index >= 15 is 0 Å². The first-order chi connectivity index (χ1) is 8.69. The molecule has 0 fully saturated rings. The number of rotatable bonds is 8. The Balaban J connectivity index is 2.70. The highest BCUT2D eigenvalue weighted by Gasteiger charge is 2.12. The Morgan fingerprint density at radius 1 is 1.17 bits per heavy atom. The maximum Gasteiger partial charge on any atom is 0.0595 e. The number of thioether (sulfide) groups is 1. The zero-order chi connectivity index (χ0) is 13.4.